The molecule has 1 aromatic heterocycles. The van der Waals surface area contributed by atoms with Crippen molar-refractivity contribution in [1.82, 2.24) is 4.90 Å². The molecule has 0 atom stereocenters. The second kappa shape index (κ2) is 7.17. The number of carbonyl (C=O) groups is 1. The molecule has 1 aliphatic heterocycles. The molecule has 1 amide bonds. The molecule has 4 rings (SSSR count). The zero-order chi connectivity index (χ0) is 18.9. The SMILES string of the molecule is O=C(c1ccccc1)N1CCc2ccc(NS(=O)(=O)c3cccs3)cc2C1. The second-order valence-corrected chi connectivity index (χ2v) is 9.22. The van der Waals surface area contributed by atoms with Gasteiger partial charge in [0.2, 0.25) is 0 Å². The highest BCUT2D eigenvalue weighted by molar-refractivity contribution is 7.94. The largest absolute Gasteiger partial charge is 0.334 e. The van der Waals surface area contributed by atoms with Crippen molar-refractivity contribution in [2.45, 2.75) is 17.2 Å². The van der Waals surface area contributed by atoms with E-state index in [1.807, 2.05) is 42.5 Å². The molecule has 1 aliphatic rings. The van der Waals surface area contributed by atoms with Crippen molar-refractivity contribution in [1.29, 1.82) is 0 Å². The Kier molecular flexibility index (Phi) is 4.72. The molecule has 1 N–H and O–H groups in total. The van der Waals surface area contributed by atoms with Crippen LogP contribution >= 0.6 is 11.3 Å². The van der Waals surface area contributed by atoms with Crippen LogP contribution in [-0.4, -0.2) is 25.8 Å². The predicted molar refractivity (Wildman–Crippen MR) is 106 cm³/mol. The average molecular weight is 399 g/mol. The lowest BCUT2D eigenvalue weighted by Crippen LogP contribution is -2.36. The third kappa shape index (κ3) is 3.74. The number of nitrogens with zero attached hydrogens (tertiary/aromatic N) is 1. The number of carbonyl (C=O) groups excluding carboxylic acids is 1. The smallest absolute Gasteiger partial charge is 0.271 e. The Morgan fingerprint density at radius 2 is 1.81 bits per heavy atom. The summed E-state index contributed by atoms with van der Waals surface area (Å²) in [5, 5.41) is 1.73. The summed E-state index contributed by atoms with van der Waals surface area (Å²) in [6.07, 6.45) is 0.756. The molecule has 0 saturated heterocycles. The van der Waals surface area contributed by atoms with Gasteiger partial charge in [0.1, 0.15) is 4.21 Å². The first-order valence-corrected chi connectivity index (χ1v) is 10.9. The fourth-order valence-electron chi connectivity index (χ4n) is 3.18. The van der Waals surface area contributed by atoms with Crippen LogP contribution in [0.25, 0.3) is 0 Å². The number of anilines is 1. The standard InChI is InChI=1S/C20H18N2O3S2/c23-20(16-5-2-1-3-6-16)22-11-10-15-8-9-18(13-17(15)14-22)21-27(24,25)19-7-4-12-26-19/h1-9,12-13,21H,10-11,14H2. The van der Waals surface area contributed by atoms with Crippen molar-refractivity contribution in [3.63, 3.8) is 0 Å². The Morgan fingerprint density at radius 3 is 2.56 bits per heavy atom. The van der Waals surface area contributed by atoms with Gasteiger partial charge in [-0.2, -0.15) is 0 Å². The molecule has 0 bridgehead atoms. The minimum absolute atomic E-state index is 0.00850. The number of sulfonamides is 1. The highest BCUT2D eigenvalue weighted by atomic mass is 32.2. The van der Waals surface area contributed by atoms with Crippen molar-refractivity contribution in [2.75, 3.05) is 11.3 Å². The van der Waals surface area contributed by atoms with Crippen LogP contribution in [0.3, 0.4) is 0 Å². The van der Waals surface area contributed by atoms with E-state index in [0.29, 0.717) is 24.3 Å². The quantitative estimate of drug-likeness (QED) is 0.728. The van der Waals surface area contributed by atoms with Crippen LogP contribution in [0.5, 0.6) is 0 Å². The summed E-state index contributed by atoms with van der Waals surface area (Å²) in [7, 11) is -3.58. The normalized spacial score (nSPS) is 13.9. The molecule has 2 heterocycles. The molecule has 3 aromatic rings. The summed E-state index contributed by atoms with van der Waals surface area (Å²) < 4.78 is 27.8. The molecular formula is C20H18N2O3S2. The number of nitrogens with one attached hydrogen (secondary N) is 1. The maximum atomic E-state index is 12.7. The average Bonchev–Trinajstić information content (AvgIpc) is 3.23. The summed E-state index contributed by atoms with van der Waals surface area (Å²) in [6, 6.07) is 18.0. The van der Waals surface area contributed by atoms with Crippen LogP contribution in [0.4, 0.5) is 5.69 Å². The van der Waals surface area contributed by atoms with Gasteiger partial charge < -0.3 is 4.90 Å². The maximum absolute atomic E-state index is 12.7. The Hall–Kier alpha value is -2.64. The van der Waals surface area contributed by atoms with E-state index in [-0.39, 0.29) is 10.1 Å². The predicted octanol–water partition coefficient (Wildman–Crippen LogP) is 3.75. The van der Waals surface area contributed by atoms with Gasteiger partial charge in [0.05, 0.1) is 0 Å². The van der Waals surface area contributed by atoms with Gasteiger partial charge in [0.15, 0.2) is 0 Å². The lowest BCUT2D eigenvalue weighted by atomic mass is 9.98. The number of rotatable bonds is 4. The molecule has 0 aliphatic carbocycles. The number of thiophene rings is 1. The summed E-state index contributed by atoms with van der Waals surface area (Å²) in [5.41, 5.74) is 3.29. The lowest BCUT2D eigenvalue weighted by Gasteiger charge is -2.29. The number of hydrogen-bond donors (Lipinski definition) is 1. The molecule has 0 unspecified atom stereocenters. The molecule has 138 valence electrons. The first-order valence-electron chi connectivity index (χ1n) is 8.55. The minimum atomic E-state index is -3.58. The second-order valence-electron chi connectivity index (χ2n) is 6.36. The van der Waals surface area contributed by atoms with Gasteiger partial charge in [-0.05, 0) is 53.3 Å². The van der Waals surface area contributed by atoms with Crippen LogP contribution in [0.1, 0.15) is 21.5 Å². The van der Waals surface area contributed by atoms with E-state index in [4.69, 9.17) is 0 Å². The van der Waals surface area contributed by atoms with E-state index in [0.717, 1.165) is 17.5 Å². The molecule has 0 radical (unpaired) electrons. The van der Waals surface area contributed by atoms with E-state index < -0.39 is 10.0 Å². The number of benzene rings is 2. The van der Waals surface area contributed by atoms with Crippen molar-refractivity contribution >= 4 is 33.0 Å². The third-order valence-corrected chi connectivity index (χ3v) is 7.32. The Balaban J connectivity index is 1.55. The van der Waals surface area contributed by atoms with Gasteiger partial charge in [-0.3, -0.25) is 9.52 Å². The summed E-state index contributed by atoms with van der Waals surface area (Å²) in [4.78, 5) is 14.5. The van der Waals surface area contributed by atoms with Crippen LogP contribution in [0.15, 0.2) is 70.3 Å². The lowest BCUT2D eigenvalue weighted by molar-refractivity contribution is 0.0734. The Morgan fingerprint density at radius 1 is 1.00 bits per heavy atom. The van der Waals surface area contributed by atoms with Crippen LogP contribution in [0.2, 0.25) is 0 Å². The zero-order valence-electron chi connectivity index (χ0n) is 14.5. The van der Waals surface area contributed by atoms with Gasteiger partial charge in [0, 0.05) is 24.3 Å². The Bertz CT molecular complexity index is 1060. The van der Waals surface area contributed by atoms with E-state index >= 15 is 0 Å². The van der Waals surface area contributed by atoms with Crippen LogP contribution in [0, 0.1) is 0 Å². The van der Waals surface area contributed by atoms with Crippen molar-refractivity contribution < 1.29 is 13.2 Å². The van der Waals surface area contributed by atoms with Crippen molar-refractivity contribution in [3.8, 4) is 0 Å². The number of hydrogen-bond acceptors (Lipinski definition) is 4. The van der Waals surface area contributed by atoms with E-state index in [2.05, 4.69) is 4.72 Å². The fourth-order valence-corrected chi connectivity index (χ4v) is 5.22. The van der Waals surface area contributed by atoms with Gasteiger partial charge in [-0.1, -0.05) is 30.3 Å². The number of fused-ring (bicyclic) bond motifs is 1. The van der Waals surface area contributed by atoms with Gasteiger partial charge in [-0.15, -0.1) is 11.3 Å². The van der Waals surface area contributed by atoms with Crippen molar-refractivity contribution in [3.05, 3.63) is 82.7 Å². The van der Waals surface area contributed by atoms with E-state index in [1.165, 1.54) is 11.3 Å². The molecule has 2 aromatic carbocycles. The van der Waals surface area contributed by atoms with Crippen molar-refractivity contribution in [2.24, 2.45) is 0 Å². The Labute approximate surface area is 162 Å². The highest BCUT2D eigenvalue weighted by Gasteiger charge is 2.23. The molecule has 7 heteroatoms. The molecule has 0 saturated carbocycles. The molecule has 5 nitrogen and oxygen atoms in total. The molecule has 0 fully saturated rings. The fraction of sp³-hybridized carbons (Fsp3) is 0.150. The van der Waals surface area contributed by atoms with Crippen LogP contribution in [-0.2, 0) is 23.0 Å². The van der Waals surface area contributed by atoms with E-state index in [9.17, 15) is 13.2 Å². The monoisotopic (exact) mass is 398 g/mol. The molecule has 27 heavy (non-hydrogen) atoms. The van der Waals surface area contributed by atoms with Gasteiger partial charge in [-0.25, -0.2) is 8.42 Å². The van der Waals surface area contributed by atoms with Crippen LogP contribution < -0.4 is 4.72 Å². The molecule has 0 spiro atoms. The third-order valence-electron chi connectivity index (χ3n) is 4.54. The number of amides is 1. The highest BCUT2D eigenvalue weighted by Crippen LogP contribution is 2.26. The first-order chi connectivity index (χ1) is 13.0. The maximum Gasteiger partial charge on any atom is 0.271 e. The topological polar surface area (TPSA) is 66.5 Å². The van der Waals surface area contributed by atoms with E-state index in [1.54, 1.807) is 28.5 Å². The van der Waals surface area contributed by atoms with Gasteiger partial charge >= 0.3 is 0 Å². The summed E-state index contributed by atoms with van der Waals surface area (Å²) in [6.45, 7) is 1.12. The molecular weight excluding hydrogens is 380 g/mol. The summed E-state index contributed by atoms with van der Waals surface area (Å²) in [5.74, 6) is -0.00850. The zero-order valence-corrected chi connectivity index (χ0v) is 16.1. The summed E-state index contributed by atoms with van der Waals surface area (Å²) >= 11 is 1.18. The minimum Gasteiger partial charge on any atom is -0.334 e. The first kappa shape index (κ1) is 17.8. The van der Waals surface area contributed by atoms with Gasteiger partial charge in [0.25, 0.3) is 15.9 Å².